The van der Waals surface area contributed by atoms with Crippen LogP contribution in [0.25, 0.3) is 0 Å². The van der Waals surface area contributed by atoms with Gasteiger partial charge in [0.2, 0.25) is 11.8 Å². The van der Waals surface area contributed by atoms with Crippen molar-refractivity contribution >= 4 is 39.1 Å². The zero-order valence-electron chi connectivity index (χ0n) is 23.7. The number of rotatable bonds is 14. The molecular formula is C30H36ClN3O6S. The number of halogens is 1. The van der Waals surface area contributed by atoms with E-state index in [9.17, 15) is 18.0 Å². The van der Waals surface area contributed by atoms with Crippen LogP contribution in [0.5, 0.6) is 11.5 Å². The van der Waals surface area contributed by atoms with Crippen LogP contribution in [0.4, 0.5) is 5.69 Å². The predicted octanol–water partition coefficient (Wildman–Crippen LogP) is 4.89. The van der Waals surface area contributed by atoms with Gasteiger partial charge in [-0.3, -0.25) is 13.9 Å². The minimum Gasteiger partial charge on any atom is -0.497 e. The molecule has 11 heteroatoms. The normalized spacial score (nSPS) is 11.8. The molecule has 0 heterocycles. The summed E-state index contributed by atoms with van der Waals surface area (Å²) in [7, 11) is -2.70. The third-order valence-electron chi connectivity index (χ3n) is 6.36. The molecule has 1 atom stereocenters. The average molecular weight is 602 g/mol. The van der Waals surface area contributed by atoms with Crippen molar-refractivity contribution in [1.82, 2.24) is 10.2 Å². The van der Waals surface area contributed by atoms with Gasteiger partial charge in [0.25, 0.3) is 10.0 Å². The van der Waals surface area contributed by atoms with Gasteiger partial charge >= 0.3 is 0 Å². The second kappa shape index (κ2) is 14.7. The summed E-state index contributed by atoms with van der Waals surface area (Å²) in [6.45, 7) is 5.58. The van der Waals surface area contributed by atoms with Crippen molar-refractivity contribution in [3.63, 3.8) is 0 Å². The monoisotopic (exact) mass is 601 g/mol. The maximum atomic E-state index is 14.1. The van der Waals surface area contributed by atoms with E-state index < -0.39 is 28.5 Å². The Morgan fingerprint density at radius 3 is 2.20 bits per heavy atom. The number of ether oxygens (including phenoxy) is 2. The number of sulfonamides is 1. The Balaban J connectivity index is 2.10. The fourth-order valence-corrected chi connectivity index (χ4v) is 5.88. The Kier molecular flexibility index (Phi) is 11.4. The van der Waals surface area contributed by atoms with E-state index in [2.05, 4.69) is 5.32 Å². The van der Waals surface area contributed by atoms with E-state index in [1.54, 1.807) is 76.4 Å². The van der Waals surface area contributed by atoms with Crippen molar-refractivity contribution in [3.8, 4) is 11.5 Å². The molecule has 3 rings (SSSR count). The number of hydrogen-bond acceptors (Lipinski definition) is 6. The highest BCUT2D eigenvalue weighted by molar-refractivity contribution is 7.92. The molecule has 41 heavy (non-hydrogen) atoms. The topological polar surface area (TPSA) is 105 Å². The molecule has 0 aliphatic rings. The minimum absolute atomic E-state index is 0.0431. The summed E-state index contributed by atoms with van der Waals surface area (Å²) in [5.41, 5.74) is 0.955. The van der Waals surface area contributed by atoms with Gasteiger partial charge in [-0.2, -0.15) is 0 Å². The second-order valence-corrected chi connectivity index (χ2v) is 11.4. The molecule has 0 saturated carbocycles. The van der Waals surface area contributed by atoms with Gasteiger partial charge in [0, 0.05) is 18.1 Å². The average Bonchev–Trinajstić information content (AvgIpc) is 2.97. The van der Waals surface area contributed by atoms with E-state index in [4.69, 9.17) is 21.1 Å². The number of anilines is 1. The Bertz CT molecular complexity index is 1410. The molecule has 3 aromatic carbocycles. The molecule has 0 fully saturated rings. The molecule has 0 aliphatic carbocycles. The highest BCUT2D eigenvalue weighted by atomic mass is 35.5. The first kappa shape index (κ1) is 31.8. The number of methoxy groups -OCH3 is 1. The summed E-state index contributed by atoms with van der Waals surface area (Å²) in [4.78, 5) is 28.6. The maximum Gasteiger partial charge on any atom is 0.264 e. The quantitative estimate of drug-likeness (QED) is 0.282. The smallest absolute Gasteiger partial charge is 0.264 e. The first-order valence-corrected chi connectivity index (χ1v) is 15.2. The number of nitrogens with one attached hydrogen (secondary N) is 1. The standard InChI is InChI=1S/C30H36ClN3O6S/c1-5-26(30(36)32-6-2)33(20-22-12-16-24(39-4)17-13-22)29(35)21-34(27-10-8-9-11-28(27)40-7-3)41(37,38)25-18-14-23(31)15-19-25/h8-19,26H,5-7,20-21H2,1-4H3,(H,32,36). The number of nitrogens with zero attached hydrogens (tertiary/aromatic N) is 2. The lowest BCUT2D eigenvalue weighted by atomic mass is 10.1. The molecule has 0 spiro atoms. The fourth-order valence-electron chi connectivity index (χ4n) is 4.33. The second-order valence-electron chi connectivity index (χ2n) is 9.05. The Hall–Kier alpha value is -3.76. The molecule has 0 bridgehead atoms. The molecule has 0 saturated heterocycles. The molecule has 0 aromatic heterocycles. The lowest BCUT2D eigenvalue weighted by Gasteiger charge is -2.33. The SMILES string of the molecule is CCNC(=O)C(CC)N(Cc1ccc(OC)cc1)C(=O)CN(c1ccccc1OCC)S(=O)(=O)c1ccc(Cl)cc1. The largest absolute Gasteiger partial charge is 0.497 e. The van der Waals surface area contributed by atoms with Gasteiger partial charge in [-0.15, -0.1) is 0 Å². The Morgan fingerprint density at radius 1 is 0.951 bits per heavy atom. The lowest BCUT2D eigenvalue weighted by molar-refractivity contribution is -0.140. The molecule has 1 unspecified atom stereocenters. The van der Waals surface area contributed by atoms with Crippen LogP contribution in [-0.2, 0) is 26.2 Å². The highest BCUT2D eigenvalue weighted by Crippen LogP contribution is 2.33. The maximum absolute atomic E-state index is 14.1. The van der Waals surface area contributed by atoms with Crippen LogP contribution in [-0.4, -0.2) is 58.0 Å². The molecule has 220 valence electrons. The van der Waals surface area contributed by atoms with Crippen molar-refractivity contribution in [2.24, 2.45) is 0 Å². The fraction of sp³-hybridized carbons (Fsp3) is 0.333. The van der Waals surface area contributed by atoms with Gasteiger partial charge in [0.15, 0.2) is 0 Å². The van der Waals surface area contributed by atoms with E-state index in [1.165, 1.54) is 29.2 Å². The highest BCUT2D eigenvalue weighted by Gasteiger charge is 2.34. The van der Waals surface area contributed by atoms with E-state index in [-0.39, 0.29) is 23.0 Å². The van der Waals surface area contributed by atoms with Gasteiger partial charge in [0.05, 0.1) is 24.3 Å². The lowest BCUT2D eigenvalue weighted by Crippen LogP contribution is -2.52. The van der Waals surface area contributed by atoms with Crippen LogP contribution >= 0.6 is 11.6 Å². The minimum atomic E-state index is -4.25. The zero-order chi connectivity index (χ0) is 30.0. The summed E-state index contributed by atoms with van der Waals surface area (Å²) < 4.78 is 40.1. The summed E-state index contributed by atoms with van der Waals surface area (Å²) in [5, 5.41) is 3.17. The van der Waals surface area contributed by atoms with Crippen molar-refractivity contribution in [3.05, 3.63) is 83.4 Å². The first-order valence-electron chi connectivity index (χ1n) is 13.4. The number of amides is 2. The molecule has 3 aromatic rings. The summed E-state index contributed by atoms with van der Waals surface area (Å²) in [6.07, 6.45) is 0.327. The van der Waals surface area contributed by atoms with Crippen LogP contribution in [0.1, 0.15) is 32.8 Å². The third-order valence-corrected chi connectivity index (χ3v) is 8.39. The van der Waals surface area contributed by atoms with Crippen LogP contribution in [0, 0.1) is 0 Å². The number of para-hydroxylation sites is 2. The van der Waals surface area contributed by atoms with Gasteiger partial charge in [-0.05, 0) is 74.4 Å². The Morgan fingerprint density at radius 2 is 1.61 bits per heavy atom. The molecule has 9 nitrogen and oxygen atoms in total. The van der Waals surface area contributed by atoms with Crippen LogP contribution in [0.3, 0.4) is 0 Å². The molecule has 2 amide bonds. The van der Waals surface area contributed by atoms with E-state index in [1.807, 2.05) is 0 Å². The first-order chi connectivity index (χ1) is 19.7. The van der Waals surface area contributed by atoms with E-state index in [0.29, 0.717) is 36.1 Å². The van der Waals surface area contributed by atoms with Gasteiger partial charge in [-0.25, -0.2) is 8.42 Å². The summed E-state index contributed by atoms with van der Waals surface area (Å²) in [5.74, 6) is 0.0782. The number of likely N-dealkylation sites (N-methyl/N-ethyl adjacent to an activating group) is 1. The van der Waals surface area contributed by atoms with Crippen LogP contribution in [0.2, 0.25) is 5.02 Å². The van der Waals surface area contributed by atoms with Gasteiger partial charge < -0.3 is 19.7 Å². The van der Waals surface area contributed by atoms with Crippen molar-refractivity contribution < 1.29 is 27.5 Å². The molecular weight excluding hydrogens is 566 g/mol. The summed E-state index contributed by atoms with van der Waals surface area (Å²) in [6, 6.07) is 18.6. The molecule has 0 aliphatic heterocycles. The number of benzene rings is 3. The number of hydrogen-bond donors (Lipinski definition) is 1. The Labute approximate surface area is 247 Å². The van der Waals surface area contributed by atoms with E-state index in [0.717, 1.165) is 9.87 Å². The van der Waals surface area contributed by atoms with Gasteiger partial charge in [0.1, 0.15) is 24.1 Å². The van der Waals surface area contributed by atoms with Crippen LogP contribution in [0.15, 0.2) is 77.7 Å². The van der Waals surface area contributed by atoms with Crippen molar-refractivity contribution in [1.29, 1.82) is 0 Å². The number of carbonyl (C=O) groups is 2. The van der Waals surface area contributed by atoms with Crippen molar-refractivity contribution in [2.75, 3.05) is 31.1 Å². The predicted molar refractivity (Wildman–Crippen MR) is 160 cm³/mol. The van der Waals surface area contributed by atoms with Crippen LogP contribution < -0.4 is 19.1 Å². The van der Waals surface area contributed by atoms with Gasteiger partial charge in [-0.1, -0.05) is 42.8 Å². The van der Waals surface area contributed by atoms with Crippen molar-refractivity contribution in [2.45, 2.75) is 44.7 Å². The molecule has 0 radical (unpaired) electrons. The summed E-state index contributed by atoms with van der Waals surface area (Å²) >= 11 is 6.02. The zero-order valence-corrected chi connectivity index (χ0v) is 25.2. The van der Waals surface area contributed by atoms with E-state index >= 15 is 0 Å². The number of carbonyl (C=O) groups excluding carboxylic acids is 2. The third kappa shape index (κ3) is 7.92. The molecule has 1 N–H and O–H groups in total.